The highest BCUT2D eigenvalue weighted by Gasteiger charge is 2.48. The van der Waals surface area contributed by atoms with Crippen LogP contribution in [-0.2, 0) is 4.79 Å². The van der Waals surface area contributed by atoms with Gasteiger partial charge in [-0.2, -0.15) is 0 Å². The Bertz CT molecular complexity index is 809. The van der Waals surface area contributed by atoms with Crippen molar-refractivity contribution in [3.63, 3.8) is 0 Å². The number of ketones is 1. The van der Waals surface area contributed by atoms with Crippen molar-refractivity contribution in [3.8, 4) is 0 Å². The summed E-state index contributed by atoms with van der Waals surface area (Å²) in [5.41, 5.74) is 3.85. The Labute approximate surface area is 155 Å². The summed E-state index contributed by atoms with van der Waals surface area (Å²) >= 11 is 0. The largest absolute Gasteiger partial charge is 0.299 e. The molecule has 0 heterocycles. The SMILES string of the molecule is CC(=O)C(c1ccccc1)C1C(c2ccccc2)CC1c1ccccc1. The van der Waals surface area contributed by atoms with E-state index in [1.54, 1.807) is 6.92 Å². The Kier molecular flexibility index (Phi) is 4.71. The van der Waals surface area contributed by atoms with Crippen molar-refractivity contribution in [1.29, 1.82) is 0 Å². The predicted octanol–water partition coefficient (Wildman–Crippen LogP) is 5.95. The molecule has 130 valence electrons. The fourth-order valence-corrected chi connectivity index (χ4v) is 4.64. The molecule has 1 heteroatoms. The van der Waals surface area contributed by atoms with Crippen LogP contribution in [0.1, 0.15) is 47.8 Å². The monoisotopic (exact) mass is 340 g/mol. The predicted molar refractivity (Wildman–Crippen MR) is 106 cm³/mol. The molecule has 0 aromatic heterocycles. The molecular weight excluding hydrogens is 316 g/mol. The Morgan fingerprint density at radius 2 is 1.15 bits per heavy atom. The van der Waals surface area contributed by atoms with Crippen molar-refractivity contribution in [2.75, 3.05) is 0 Å². The summed E-state index contributed by atoms with van der Waals surface area (Å²) in [6, 6.07) is 31.7. The van der Waals surface area contributed by atoms with Gasteiger partial charge in [0, 0.05) is 5.92 Å². The first-order valence-corrected chi connectivity index (χ1v) is 9.41. The number of benzene rings is 3. The van der Waals surface area contributed by atoms with Crippen LogP contribution in [0.4, 0.5) is 0 Å². The zero-order chi connectivity index (χ0) is 17.9. The smallest absolute Gasteiger partial charge is 0.137 e. The molecule has 0 N–H and O–H groups in total. The standard InChI is InChI=1S/C25H24O/c1-18(26)24(21-15-9-4-10-16-21)25-22(19-11-5-2-6-12-19)17-23(25)20-13-7-3-8-14-20/h2-16,22-25H,17H2,1H3. The van der Waals surface area contributed by atoms with Crippen molar-refractivity contribution < 1.29 is 4.79 Å². The summed E-state index contributed by atoms with van der Waals surface area (Å²) < 4.78 is 0. The highest BCUT2D eigenvalue weighted by Crippen LogP contribution is 2.58. The number of carbonyl (C=O) groups excluding carboxylic acids is 1. The van der Waals surface area contributed by atoms with E-state index in [4.69, 9.17) is 0 Å². The Morgan fingerprint density at radius 1 is 0.731 bits per heavy atom. The zero-order valence-electron chi connectivity index (χ0n) is 15.1. The summed E-state index contributed by atoms with van der Waals surface area (Å²) in [5, 5.41) is 0. The summed E-state index contributed by atoms with van der Waals surface area (Å²) in [7, 11) is 0. The van der Waals surface area contributed by atoms with Crippen LogP contribution < -0.4 is 0 Å². The van der Waals surface area contributed by atoms with Gasteiger partial charge < -0.3 is 0 Å². The molecule has 1 saturated carbocycles. The van der Waals surface area contributed by atoms with Crippen LogP contribution >= 0.6 is 0 Å². The number of hydrogen-bond donors (Lipinski definition) is 0. The summed E-state index contributed by atoms with van der Waals surface area (Å²) in [4.78, 5) is 12.7. The van der Waals surface area contributed by atoms with E-state index in [9.17, 15) is 4.79 Å². The van der Waals surface area contributed by atoms with E-state index < -0.39 is 0 Å². The Balaban J connectivity index is 1.76. The van der Waals surface area contributed by atoms with Gasteiger partial charge in [-0.3, -0.25) is 4.79 Å². The summed E-state index contributed by atoms with van der Waals surface area (Å²) in [5.74, 6) is 1.37. The molecule has 26 heavy (non-hydrogen) atoms. The number of Topliss-reactive ketones (excluding diaryl/α,β-unsaturated/α-hetero) is 1. The second-order valence-electron chi connectivity index (χ2n) is 7.35. The van der Waals surface area contributed by atoms with Gasteiger partial charge in [-0.25, -0.2) is 0 Å². The van der Waals surface area contributed by atoms with Crippen molar-refractivity contribution in [3.05, 3.63) is 108 Å². The van der Waals surface area contributed by atoms with Crippen molar-refractivity contribution in [2.45, 2.75) is 31.1 Å². The normalized spacial score (nSPS) is 23.0. The van der Waals surface area contributed by atoms with Gasteiger partial charge in [0.1, 0.15) is 5.78 Å². The van der Waals surface area contributed by atoms with Gasteiger partial charge >= 0.3 is 0 Å². The molecule has 3 aromatic carbocycles. The molecule has 0 aliphatic heterocycles. The average molecular weight is 340 g/mol. The molecule has 3 aromatic rings. The number of rotatable bonds is 5. The molecular formula is C25H24O. The maximum absolute atomic E-state index is 12.7. The highest BCUT2D eigenvalue weighted by molar-refractivity contribution is 5.84. The quantitative estimate of drug-likeness (QED) is 0.561. The van der Waals surface area contributed by atoms with Crippen LogP contribution in [0.5, 0.6) is 0 Å². The average Bonchev–Trinajstić information content (AvgIpc) is 2.67. The Hall–Kier alpha value is -2.67. The lowest BCUT2D eigenvalue weighted by molar-refractivity contribution is -0.121. The van der Waals surface area contributed by atoms with Gasteiger partial charge in [-0.05, 0) is 47.8 Å². The third kappa shape index (κ3) is 3.10. The first-order chi connectivity index (χ1) is 12.8. The molecule has 3 atom stereocenters. The first kappa shape index (κ1) is 16.8. The minimum atomic E-state index is -0.0552. The van der Waals surface area contributed by atoms with E-state index in [1.165, 1.54) is 11.1 Å². The molecule has 0 bridgehead atoms. The van der Waals surface area contributed by atoms with Crippen molar-refractivity contribution in [1.82, 2.24) is 0 Å². The lowest BCUT2D eigenvalue weighted by Crippen LogP contribution is -2.40. The summed E-state index contributed by atoms with van der Waals surface area (Å²) in [6.45, 7) is 1.75. The van der Waals surface area contributed by atoms with Gasteiger partial charge in [0.25, 0.3) is 0 Å². The molecule has 1 nitrogen and oxygen atoms in total. The zero-order valence-corrected chi connectivity index (χ0v) is 15.1. The highest BCUT2D eigenvalue weighted by atomic mass is 16.1. The van der Waals surface area contributed by atoms with Crippen LogP contribution in [0.15, 0.2) is 91.0 Å². The van der Waals surface area contributed by atoms with Gasteiger partial charge in [0.2, 0.25) is 0 Å². The van der Waals surface area contributed by atoms with Gasteiger partial charge in [-0.1, -0.05) is 91.0 Å². The van der Waals surface area contributed by atoms with Crippen LogP contribution in [-0.4, -0.2) is 5.78 Å². The van der Waals surface area contributed by atoms with Crippen LogP contribution in [0.3, 0.4) is 0 Å². The lowest BCUT2D eigenvalue weighted by atomic mass is 9.54. The van der Waals surface area contributed by atoms with Crippen LogP contribution in [0.2, 0.25) is 0 Å². The minimum Gasteiger partial charge on any atom is -0.299 e. The van der Waals surface area contributed by atoms with E-state index in [0.29, 0.717) is 17.8 Å². The van der Waals surface area contributed by atoms with Crippen LogP contribution in [0.25, 0.3) is 0 Å². The topological polar surface area (TPSA) is 17.1 Å². The molecule has 0 saturated heterocycles. The second-order valence-corrected chi connectivity index (χ2v) is 7.35. The fourth-order valence-electron chi connectivity index (χ4n) is 4.64. The first-order valence-electron chi connectivity index (χ1n) is 9.41. The molecule has 1 aliphatic rings. The van der Waals surface area contributed by atoms with Crippen molar-refractivity contribution >= 4 is 5.78 Å². The summed E-state index contributed by atoms with van der Waals surface area (Å²) in [6.07, 6.45) is 1.11. The molecule has 0 radical (unpaired) electrons. The van der Waals surface area contributed by atoms with E-state index in [0.717, 1.165) is 12.0 Å². The third-order valence-electron chi connectivity index (χ3n) is 5.87. The lowest BCUT2D eigenvalue weighted by Gasteiger charge is -2.49. The van der Waals surface area contributed by atoms with Gasteiger partial charge in [0.15, 0.2) is 0 Å². The third-order valence-corrected chi connectivity index (χ3v) is 5.87. The van der Waals surface area contributed by atoms with Gasteiger partial charge in [0.05, 0.1) is 0 Å². The van der Waals surface area contributed by atoms with Crippen molar-refractivity contribution in [2.24, 2.45) is 5.92 Å². The van der Waals surface area contributed by atoms with E-state index >= 15 is 0 Å². The van der Waals surface area contributed by atoms with E-state index in [-0.39, 0.29) is 11.7 Å². The number of hydrogen-bond acceptors (Lipinski definition) is 1. The second kappa shape index (κ2) is 7.29. The Morgan fingerprint density at radius 3 is 1.58 bits per heavy atom. The molecule has 0 amide bonds. The maximum atomic E-state index is 12.7. The van der Waals surface area contributed by atoms with Crippen LogP contribution in [0, 0.1) is 5.92 Å². The fraction of sp³-hybridized carbons (Fsp3) is 0.240. The molecule has 4 rings (SSSR count). The molecule has 1 aliphatic carbocycles. The van der Waals surface area contributed by atoms with E-state index in [2.05, 4.69) is 72.8 Å². The number of carbonyl (C=O) groups is 1. The maximum Gasteiger partial charge on any atom is 0.137 e. The minimum absolute atomic E-state index is 0.0552. The van der Waals surface area contributed by atoms with Gasteiger partial charge in [-0.15, -0.1) is 0 Å². The molecule has 1 fully saturated rings. The molecule has 3 unspecified atom stereocenters. The molecule has 0 spiro atoms. The van der Waals surface area contributed by atoms with E-state index in [1.807, 2.05) is 18.2 Å².